The number of hydrogen-bond acceptors (Lipinski definition) is 6. The summed E-state index contributed by atoms with van der Waals surface area (Å²) >= 11 is 0. The van der Waals surface area contributed by atoms with Gasteiger partial charge < -0.3 is 14.2 Å². The van der Waals surface area contributed by atoms with E-state index in [1.54, 1.807) is 0 Å². The number of unbranched alkanes of at least 4 members (excludes halogenated alkanes) is 33. The summed E-state index contributed by atoms with van der Waals surface area (Å²) in [5.41, 5.74) is 0. The maximum absolute atomic E-state index is 12.8. The van der Waals surface area contributed by atoms with Gasteiger partial charge in [0.15, 0.2) is 6.10 Å². The van der Waals surface area contributed by atoms with Crippen LogP contribution in [-0.4, -0.2) is 37.2 Å². The monoisotopic (exact) mass is 885 g/mol. The Labute approximate surface area is 391 Å². The first-order valence-electron chi connectivity index (χ1n) is 27.5. The molecular weight excluding hydrogens is 781 g/mol. The van der Waals surface area contributed by atoms with Gasteiger partial charge in [0.05, 0.1) is 0 Å². The Morgan fingerprint density at radius 2 is 0.571 bits per heavy atom. The number of esters is 3. The lowest BCUT2D eigenvalue weighted by molar-refractivity contribution is -0.167. The van der Waals surface area contributed by atoms with E-state index >= 15 is 0 Å². The molecule has 0 rings (SSSR count). The molecule has 6 nitrogen and oxygen atoms in total. The summed E-state index contributed by atoms with van der Waals surface area (Å²) in [6.07, 6.45) is 61.2. The minimum Gasteiger partial charge on any atom is -0.462 e. The largest absolute Gasteiger partial charge is 0.462 e. The quantitative estimate of drug-likeness (QED) is 0.0262. The topological polar surface area (TPSA) is 78.9 Å². The van der Waals surface area contributed by atoms with Gasteiger partial charge in [-0.1, -0.05) is 231 Å². The van der Waals surface area contributed by atoms with E-state index in [0.717, 1.165) is 83.5 Å². The third kappa shape index (κ3) is 50.5. The van der Waals surface area contributed by atoms with E-state index in [1.807, 2.05) is 0 Å². The highest BCUT2D eigenvalue weighted by Gasteiger charge is 2.19. The smallest absolute Gasteiger partial charge is 0.306 e. The molecule has 0 amide bonds. The van der Waals surface area contributed by atoms with Crippen molar-refractivity contribution in [1.29, 1.82) is 0 Å². The van der Waals surface area contributed by atoms with Gasteiger partial charge in [-0.25, -0.2) is 0 Å². The summed E-state index contributed by atoms with van der Waals surface area (Å²) < 4.78 is 16.8. The zero-order valence-electron chi connectivity index (χ0n) is 42.1. The Balaban J connectivity index is 4.37. The molecule has 0 aromatic heterocycles. The molecule has 0 aliphatic rings. The van der Waals surface area contributed by atoms with Crippen molar-refractivity contribution in [2.24, 2.45) is 0 Å². The van der Waals surface area contributed by atoms with Crippen molar-refractivity contribution in [3.8, 4) is 0 Å². The Bertz CT molecular complexity index is 1060. The third-order valence-corrected chi connectivity index (χ3v) is 12.1. The maximum atomic E-state index is 12.8. The third-order valence-electron chi connectivity index (χ3n) is 12.1. The van der Waals surface area contributed by atoms with Crippen LogP contribution in [0.15, 0.2) is 36.5 Å². The minimum atomic E-state index is -0.777. The number of ether oxygens (including phenoxy) is 3. The van der Waals surface area contributed by atoms with Gasteiger partial charge in [0.25, 0.3) is 0 Å². The SMILES string of the molecule is CCCCC/C=C\C/C=C\CCCCCCCC(=O)O[C@H](COC(=O)CCCCCCCCC/C=C\CCCCCCCC)COC(=O)CCCCCCCCCCCCCCC. The first kappa shape index (κ1) is 60.6. The molecule has 0 aromatic rings. The zero-order chi connectivity index (χ0) is 45.8. The molecule has 0 aliphatic heterocycles. The lowest BCUT2D eigenvalue weighted by Gasteiger charge is -2.18. The Hall–Kier alpha value is -2.37. The molecule has 0 unspecified atom stereocenters. The number of hydrogen-bond donors (Lipinski definition) is 0. The van der Waals surface area contributed by atoms with E-state index in [2.05, 4.69) is 57.2 Å². The highest BCUT2D eigenvalue weighted by Crippen LogP contribution is 2.16. The normalized spacial score (nSPS) is 12.2. The van der Waals surface area contributed by atoms with Crippen LogP contribution in [0.3, 0.4) is 0 Å². The van der Waals surface area contributed by atoms with E-state index in [-0.39, 0.29) is 31.1 Å². The van der Waals surface area contributed by atoms with Crippen LogP contribution in [0.4, 0.5) is 0 Å². The average Bonchev–Trinajstić information content (AvgIpc) is 3.28. The van der Waals surface area contributed by atoms with Crippen LogP contribution in [0, 0.1) is 0 Å². The second-order valence-electron chi connectivity index (χ2n) is 18.5. The maximum Gasteiger partial charge on any atom is 0.306 e. The number of allylic oxidation sites excluding steroid dienone is 6. The van der Waals surface area contributed by atoms with Gasteiger partial charge >= 0.3 is 17.9 Å². The molecule has 6 heteroatoms. The summed E-state index contributed by atoms with van der Waals surface area (Å²) in [4.78, 5) is 38.0. The molecule has 368 valence electrons. The van der Waals surface area contributed by atoms with Gasteiger partial charge in [-0.05, 0) is 77.0 Å². The van der Waals surface area contributed by atoms with Gasteiger partial charge in [0.1, 0.15) is 13.2 Å². The molecule has 0 bridgehead atoms. The highest BCUT2D eigenvalue weighted by molar-refractivity contribution is 5.71. The molecule has 0 radical (unpaired) electrons. The summed E-state index contributed by atoms with van der Waals surface area (Å²) in [6.45, 7) is 6.62. The van der Waals surface area contributed by atoms with Crippen LogP contribution in [0.2, 0.25) is 0 Å². The molecule has 63 heavy (non-hydrogen) atoms. The van der Waals surface area contributed by atoms with Crippen LogP contribution in [-0.2, 0) is 28.6 Å². The molecule has 0 spiro atoms. The predicted octanol–water partition coefficient (Wildman–Crippen LogP) is 18.1. The van der Waals surface area contributed by atoms with Crippen LogP contribution in [0.25, 0.3) is 0 Å². The fourth-order valence-electron chi connectivity index (χ4n) is 7.94. The molecule has 1 atom stereocenters. The molecule has 0 aliphatic carbocycles. The van der Waals surface area contributed by atoms with Gasteiger partial charge in [0, 0.05) is 19.3 Å². The second kappa shape index (κ2) is 52.3. The fourth-order valence-corrected chi connectivity index (χ4v) is 7.94. The Kier molecular flexibility index (Phi) is 50.3. The van der Waals surface area contributed by atoms with Crippen LogP contribution >= 0.6 is 0 Å². The molecule has 0 heterocycles. The highest BCUT2D eigenvalue weighted by atomic mass is 16.6. The summed E-state index contributed by atoms with van der Waals surface area (Å²) in [7, 11) is 0. The van der Waals surface area contributed by atoms with Crippen molar-refractivity contribution < 1.29 is 28.6 Å². The number of carbonyl (C=O) groups excluding carboxylic acids is 3. The number of carbonyl (C=O) groups is 3. The van der Waals surface area contributed by atoms with Crippen LogP contribution in [0.1, 0.15) is 290 Å². The van der Waals surface area contributed by atoms with Crippen LogP contribution < -0.4 is 0 Å². The summed E-state index contributed by atoms with van der Waals surface area (Å²) in [5.74, 6) is -0.881. The lowest BCUT2D eigenvalue weighted by Crippen LogP contribution is -2.30. The van der Waals surface area contributed by atoms with Crippen LogP contribution in [0.5, 0.6) is 0 Å². The van der Waals surface area contributed by atoms with Gasteiger partial charge in [-0.2, -0.15) is 0 Å². The minimum absolute atomic E-state index is 0.0760. The van der Waals surface area contributed by atoms with Crippen molar-refractivity contribution in [2.75, 3.05) is 13.2 Å². The molecule has 0 aromatic carbocycles. The van der Waals surface area contributed by atoms with E-state index in [1.165, 1.54) is 167 Å². The fraction of sp³-hybridized carbons (Fsp3) is 0.842. The van der Waals surface area contributed by atoms with Crippen molar-refractivity contribution in [2.45, 2.75) is 297 Å². The van der Waals surface area contributed by atoms with E-state index in [0.29, 0.717) is 19.3 Å². The average molecular weight is 885 g/mol. The molecule has 0 saturated heterocycles. The standard InChI is InChI=1S/C57H104O6/c1-4-7-10-13-16-19-22-25-27-28-30-32-35-38-41-44-47-50-56(59)62-53-54(52-61-55(58)49-46-43-40-37-34-31-24-21-18-15-12-9-6-3)63-57(60)51-48-45-42-39-36-33-29-26-23-20-17-14-11-8-5-2/h17,20,25-27,29,54H,4-16,18-19,21-24,28,30-53H2,1-3H3/b20-17-,27-25-,29-26-/t54-/m0/s1. The van der Waals surface area contributed by atoms with Crippen molar-refractivity contribution in [3.63, 3.8) is 0 Å². The zero-order valence-corrected chi connectivity index (χ0v) is 42.1. The summed E-state index contributed by atoms with van der Waals surface area (Å²) in [5, 5.41) is 0. The van der Waals surface area contributed by atoms with Crippen molar-refractivity contribution in [3.05, 3.63) is 36.5 Å². The van der Waals surface area contributed by atoms with E-state index in [4.69, 9.17) is 14.2 Å². The molecular formula is C57H104O6. The van der Waals surface area contributed by atoms with E-state index in [9.17, 15) is 14.4 Å². The summed E-state index contributed by atoms with van der Waals surface area (Å²) in [6, 6.07) is 0. The number of rotatable bonds is 50. The predicted molar refractivity (Wildman–Crippen MR) is 270 cm³/mol. The lowest BCUT2D eigenvalue weighted by atomic mass is 10.0. The first-order valence-corrected chi connectivity index (χ1v) is 27.5. The molecule has 0 fully saturated rings. The van der Waals surface area contributed by atoms with E-state index < -0.39 is 6.10 Å². The first-order chi connectivity index (χ1) is 31.0. The Morgan fingerprint density at radius 3 is 0.921 bits per heavy atom. The van der Waals surface area contributed by atoms with Crippen molar-refractivity contribution >= 4 is 17.9 Å². The molecule has 0 saturated carbocycles. The second-order valence-corrected chi connectivity index (χ2v) is 18.5. The van der Waals surface area contributed by atoms with Gasteiger partial charge in [-0.15, -0.1) is 0 Å². The van der Waals surface area contributed by atoms with Gasteiger partial charge in [-0.3, -0.25) is 14.4 Å². The Morgan fingerprint density at radius 1 is 0.317 bits per heavy atom. The van der Waals surface area contributed by atoms with Gasteiger partial charge in [0.2, 0.25) is 0 Å². The van der Waals surface area contributed by atoms with Crippen molar-refractivity contribution in [1.82, 2.24) is 0 Å². The molecule has 0 N–H and O–H groups in total.